The molecule has 0 aliphatic heterocycles. The number of aromatic amines is 1. The van der Waals surface area contributed by atoms with E-state index >= 15 is 0 Å². The third-order valence-corrected chi connectivity index (χ3v) is 5.42. The molecule has 0 aliphatic carbocycles. The summed E-state index contributed by atoms with van der Waals surface area (Å²) in [5.74, 6) is 0. The zero-order valence-corrected chi connectivity index (χ0v) is 18.3. The fourth-order valence-electron chi connectivity index (χ4n) is 3.73. The number of aromatic nitrogens is 4. The maximum absolute atomic E-state index is 12.6. The average molecular weight is 439 g/mol. The van der Waals surface area contributed by atoms with Crippen LogP contribution in [0.2, 0.25) is 5.02 Å². The second kappa shape index (κ2) is 8.02. The van der Waals surface area contributed by atoms with Crippen molar-refractivity contribution >= 4 is 39.7 Å². The summed E-state index contributed by atoms with van der Waals surface area (Å²) in [6, 6.07) is 19.3. The Hall–Kier alpha value is -3.83. The van der Waals surface area contributed by atoms with Crippen molar-refractivity contribution in [2.75, 3.05) is 0 Å². The fraction of sp³-hybridized carbons (Fsp3) is 0.0769. The number of H-pyrrole nitrogens is 1. The Kier molecular flexibility index (Phi) is 5.04. The van der Waals surface area contributed by atoms with Gasteiger partial charge in [0.05, 0.1) is 21.9 Å². The maximum Gasteiger partial charge on any atom is 0.256 e. The SMILES string of the molecule is CC(C)=Cc1cc2nc(-c3cc(Cl)c4ncccc4c3)c(-c3ccccc3)nc2[nH]c1=O. The van der Waals surface area contributed by atoms with Gasteiger partial charge in [0.15, 0.2) is 5.65 Å². The predicted octanol–water partition coefficient (Wildman–Crippen LogP) is 6.28. The Morgan fingerprint density at radius 2 is 1.72 bits per heavy atom. The van der Waals surface area contributed by atoms with Crippen molar-refractivity contribution in [3.63, 3.8) is 0 Å². The molecule has 6 heteroatoms. The summed E-state index contributed by atoms with van der Waals surface area (Å²) in [5.41, 5.74) is 6.25. The molecule has 0 atom stereocenters. The molecule has 3 heterocycles. The van der Waals surface area contributed by atoms with E-state index in [1.807, 2.05) is 74.5 Å². The molecule has 3 aromatic heterocycles. The van der Waals surface area contributed by atoms with E-state index in [0.717, 1.165) is 27.6 Å². The molecular formula is C26H19ClN4O. The van der Waals surface area contributed by atoms with Gasteiger partial charge in [-0.2, -0.15) is 0 Å². The zero-order valence-electron chi connectivity index (χ0n) is 17.6. The Morgan fingerprint density at radius 3 is 2.50 bits per heavy atom. The molecule has 0 bridgehead atoms. The lowest BCUT2D eigenvalue weighted by atomic mass is 10.0. The minimum atomic E-state index is -0.195. The van der Waals surface area contributed by atoms with Crippen LogP contribution < -0.4 is 5.56 Å². The normalized spacial score (nSPS) is 11.1. The van der Waals surface area contributed by atoms with Gasteiger partial charge in [-0.25, -0.2) is 9.97 Å². The van der Waals surface area contributed by atoms with Crippen molar-refractivity contribution in [1.29, 1.82) is 0 Å². The average Bonchev–Trinajstić information content (AvgIpc) is 2.79. The van der Waals surface area contributed by atoms with Crippen LogP contribution in [0.5, 0.6) is 0 Å². The molecule has 1 N–H and O–H groups in total. The van der Waals surface area contributed by atoms with Crippen LogP contribution in [-0.4, -0.2) is 19.9 Å². The Bertz CT molecular complexity index is 1570. The van der Waals surface area contributed by atoms with E-state index in [1.54, 1.807) is 12.3 Å². The molecule has 0 unspecified atom stereocenters. The van der Waals surface area contributed by atoms with Gasteiger partial charge in [-0.15, -0.1) is 0 Å². The number of halogens is 1. The number of nitrogens with one attached hydrogen (secondary N) is 1. The molecule has 0 radical (unpaired) electrons. The predicted molar refractivity (Wildman–Crippen MR) is 131 cm³/mol. The second-order valence-electron chi connectivity index (χ2n) is 7.83. The van der Waals surface area contributed by atoms with Gasteiger partial charge in [-0.05, 0) is 38.1 Å². The fourth-order valence-corrected chi connectivity index (χ4v) is 4.01. The molecule has 0 saturated heterocycles. The van der Waals surface area contributed by atoms with E-state index in [0.29, 0.717) is 33.1 Å². The van der Waals surface area contributed by atoms with Gasteiger partial charge < -0.3 is 4.98 Å². The van der Waals surface area contributed by atoms with Crippen LogP contribution in [0, 0.1) is 0 Å². The maximum atomic E-state index is 12.6. The number of nitrogens with zero attached hydrogens (tertiary/aromatic N) is 3. The molecular weight excluding hydrogens is 420 g/mol. The molecule has 0 amide bonds. The van der Waals surface area contributed by atoms with E-state index in [9.17, 15) is 4.79 Å². The highest BCUT2D eigenvalue weighted by atomic mass is 35.5. The minimum absolute atomic E-state index is 0.195. The lowest BCUT2D eigenvalue weighted by Gasteiger charge is -2.12. The van der Waals surface area contributed by atoms with Crippen molar-refractivity contribution in [2.24, 2.45) is 0 Å². The summed E-state index contributed by atoms with van der Waals surface area (Å²) < 4.78 is 0. The molecule has 5 rings (SSSR count). The van der Waals surface area contributed by atoms with Crippen LogP contribution in [0.25, 0.3) is 50.7 Å². The molecule has 0 fully saturated rings. The van der Waals surface area contributed by atoms with Crippen molar-refractivity contribution in [3.8, 4) is 22.5 Å². The Balaban J connectivity index is 1.84. The van der Waals surface area contributed by atoms with E-state index < -0.39 is 0 Å². The van der Waals surface area contributed by atoms with Gasteiger partial charge in [0.1, 0.15) is 5.52 Å². The summed E-state index contributed by atoms with van der Waals surface area (Å²) in [6.45, 7) is 3.90. The number of benzene rings is 2. The van der Waals surface area contributed by atoms with Crippen LogP contribution in [0.3, 0.4) is 0 Å². The highest BCUT2D eigenvalue weighted by molar-refractivity contribution is 6.35. The molecule has 5 nitrogen and oxygen atoms in total. The first-order valence-electron chi connectivity index (χ1n) is 10.2. The van der Waals surface area contributed by atoms with Crippen LogP contribution in [0.4, 0.5) is 0 Å². The van der Waals surface area contributed by atoms with Gasteiger partial charge in [-0.1, -0.05) is 59.6 Å². The first kappa shape index (κ1) is 20.1. The van der Waals surface area contributed by atoms with Gasteiger partial charge >= 0.3 is 0 Å². The molecule has 32 heavy (non-hydrogen) atoms. The second-order valence-corrected chi connectivity index (χ2v) is 8.24. The first-order valence-corrected chi connectivity index (χ1v) is 10.6. The number of pyridine rings is 2. The topological polar surface area (TPSA) is 71.5 Å². The van der Waals surface area contributed by atoms with Gasteiger partial charge in [0, 0.05) is 28.3 Å². The number of fused-ring (bicyclic) bond motifs is 2. The number of rotatable bonds is 3. The molecule has 0 saturated carbocycles. The Morgan fingerprint density at radius 1 is 0.938 bits per heavy atom. The monoisotopic (exact) mass is 438 g/mol. The quantitative estimate of drug-likeness (QED) is 0.360. The van der Waals surface area contributed by atoms with Crippen LogP contribution in [0.15, 0.2) is 77.2 Å². The first-order chi connectivity index (χ1) is 15.5. The van der Waals surface area contributed by atoms with Crippen molar-refractivity contribution in [2.45, 2.75) is 13.8 Å². The van der Waals surface area contributed by atoms with E-state index in [1.165, 1.54) is 0 Å². The van der Waals surface area contributed by atoms with Crippen molar-refractivity contribution in [1.82, 2.24) is 19.9 Å². The van der Waals surface area contributed by atoms with Crippen LogP contribution >= 0.6 is 11.6 Å². The van der Waals surface area contributed by atoms with Crippen molar-refractivity contribution in [3.05, 3.63) is 93.4 Å². The third-order valence-electron chi connectivity index (χ3n) is 5.13. The summed E-state index contributed by atoms with van der Waals surface area (Å²) in [7, 11) is 0. The molecule has 156 valence electrons. The van der Waals surface area contributed by atoms with E-state index in [2.05, 4.69) is 9.97 Å². The number of allylic oxidation sites excluding steroid dienone is 1. The lowest BCUT2D eigenvalue weighted by molar-refractivity contribution is 1.18. The highest BCUT2D eigenvalue weighted by Crippen LogP contribution is 2.34. The molecule has 2 aromatic carbocycles. The van der Waals surface area contributed by atoms with E-state index in [4.69, 9.17) is 21.6 Å². The molecule has 0 spiro atoms. The zero-order chi connectivity index (χ0) is 22.2. The smallest absolute Gasteiger partial charge is 0.256 e. The van der Waals surface area contributed by atoms with Gasteiger partial charge in [-0.3, -0.25) is 9.78 Å². The lowest BCUT2D eigenvalue weighted by Crippen LogP contribution is -2.11. The molecule has 5 aromatic rings. The number of hydrogen-bond acceptors (Lipinski definition) is 4. The van der Waals surface area contributed by atoms with Crippen LogP contribution in [-0.2, 0) is 0 Å². The van der Waals surface area contributed by atoms with E-state index in [-0.39, 0.29) is 5.56 Å². The standard InChI is InChI=1S/C26H19ClN4O/c1-15(2)11-19-14-21-25(31-26(19)32)30-23(16-7-4-3-5-8-16)24(29-21)18-12-17-9-6-10-28-22(17)20(27)13-18/h3-14H,1-2H3,(H,30,31,32). The summed E-state index contributed by atoms with van der Waals surface area (Å²) in [4.78, 5) is 29.6. The largest absolute Gasteiger partial charge is 0.305 e. The van der Waals surface area contributed by atoms with Crippen LogP contribution in [0.1, 0.15) is 19.4 Å². The Labute approximate surface area is 189 Å². The highest BCUT2D eigenvalue weighted by Gasteiger charge is 2.16. The summed E-state index contributed by atoms with van der Waals surface area (Å²) in [6.07, 6.45) is 3.56. The third kappa shape index (κ3) is 3.67. The molecule has 0 aliphatic rings. The van der Waals surface area contributed by atoms with Gasteiger partial charge in [0.2, 0.25) is 0 Å². The minimum Gasteiger partial charge on any atom is -0.305 e. The summed E-state index contributed by atoms with van der Waals surface area (Å²) >= 11 is 6.57. The van der Waals surface area contributed by atoms with Gasteiger partial charge in [0.25, 0.3) is 5.56 Å². The van der Waals surface area contributed by atoms with Crippen molar-refractivity contribution < 1.29 is 0 Å². The summed E-state index contributed by atoms with van der Waals surface area (Å²) in [5, 5.41) is 1.47. The number of hydrogen-bond donors (Lipinski definition) is 1.